The Kier molecular flexibility index (Phi) is 5.22. The van der Waals surface area contributed by atoms with Crippen LogP contribution >= 0.6 is 23.8 Å². The fourth-order valence-corrected chi connectivity index (χ4v) is 1.49. The molecular weight excluding hydrogens is 242 g/mol. The van der Waals surface area contributed by atoms with Crippen molar-refractivity contribution in [2.75, 3.05) is 6.54 Å². The van der Waals surface area contributed by atoms with Gasteiger partial charge >= 0.3 is 0 Å². The average Bonchev–Trinajstić information content (AvgIpc) is 2.26. The molecule has 0 unspecified atom stereocenters. The van der Waals surface area contributed by atoms with Crippen LogP contribution in [0.15, 0.2) is 29.4 Å². The molecule has 0 aliphatic heterocycles. The molecule has 0 saturated carbocycles. The quantitative estimate of drug-likeness (QED) is 0.495. The molecule has 1 aromatic rings. The molecular formula is C11H14ClN3S. The van der Waals surface area contributed by atoms with E-state index >= 15 is 0 Å². The van der Waals surface area contributed by atoms with E-state index in [2.05, 4.69) is 15.8 Å². The van der Waals surface area contributed by atoms with E-state index in [1.807, 2.05) is 38.1 Å². The highest BCUT2D eigenvalue weighted by Crippen LogP contribution is 2.11. The molecule has 0 aliphatic carbocycles. The number of hydrogen-bond acceptors (Lipinski definition) is 2. The number of thiocarbonyl (C=S) groups is 1. The molecule has 0 spiro atoms. The molecule has 0 fully saturated rings. The lowest BCUT2D eigenvalue weighted by Crippen LogP contribution is -2.32. The van der Waals surface area contributed by atoms with Gasteiger partial charge in [0.1, 0.15) is 0 Å². The number of halogens is 1. The number of nitrogens with zero attached hydrogens (tertiary/aromatic N) is 1. The molecule has 2 N–H and O–H groups in total. The Labute approximate surface area is 106 Å². The lowest BCUT2D eigenvalue weighted by atomic mass is 10.1. The van der Waals surface area contributed by atoms with Crippen molar-refractivity contribution in [1.29, 1.82) is 0 Å². The van der Waals surface area contributed by atoms with E-state index in [9.17, 15) is 0 Å². The summed E-state index contributed by atoms with van der Waals surface area (Å²) < 4.78 is 0. The summed E-state index contributed by atoms with van der Waals surface area (Å²) in [6, 6.07) is 7.52. The topological polar surface area (TPSA) is 36.4 Å². The summed E-state index contributed by atoms with van der Waals surface area (Å²) in [5.74, 6) is 0. The maximum Gasteiger partial charge on any atom is 0.186 e. The van der Waals surface area contributed by atoms with Crippen LogP contribution < -0.4 is 10.7 Å². The van der Waals surface area contributed by atoms with Crippen LogP contribution in [0, 0.1) is 0 Å². The van der Waals surface area contributed by atoms with E-state index in [-0.39, 0.29) is 0 Å². The Morgan fingerprint density at radius 3 is 2.88 bits per heavy atom. The fraction of sp³-hybridized carbons (Fsp3) is 0.273. The van der Waals surface area contributed by atoms with Crippen LogP contribution in [0.3, 0.4) is 0 Å². The molecule has 5 heteroatoms. The lowest BCUT2D eigenvalue weighted by Gasteiger charge is -2.05. The van der Waals surface area contributed by atoms with Gasteiger partial charge in [-0.3, -0.25) is 5.43 Å². The standard InChI is InChI=1S/C11H14ClN3S/c1-3-13-11(16)15-14-8(2)9-5-4-6-10(12)7-9/h4-7H,3H2,1-2H3,(H2,13,15,16)/b14-8-. The van der Waals surface area contributed by atoms with Crippen molar-refractivity contribution < 1.29 is 0 Å². The van der Waals surface area contributed by atoms with Gasteiger partial charge in [-0.2, -0.15) is 5.10 Å². The third-order valence-electron chi connectivity index (χ3n) is 1.90. The molecule has 0 heterocycles. The first kappa shape index (κ1) is 12.9. The van der Waals surface area contributed by atoms with Gasteiger partial charge in [0.25, 0.3) is 0 Å². The van der Waals surface area contributed by atoms with E-state index in [0.29, 0.717) is 10.1 Å². The van der Waals surface area contributed by atoms with Crippen LogP contribution in [0.4, 0.5) is 0 Å². The summed E-state index contributed by atoms with van der Waals surface area (Å²) in [7, 11) is 0. The highest BCUT2D eigenvalue weighted by molar-refractivity contribution is 7.80. The third-order valence-corrected chi connectivity index (χ3v) is 2.38. The minimum absolute atomic E-state index is 0.517. The zero-order valence-corrected chi connectivity index (χ0v) is 10.8. The Balaban J connectivity index is 2.67. The van der Waals surface area contributed by atoms with Gasteiger partial charge in [0.2, 0.25) is 0 Å². The summed E-state index contributed by atoms with van der Waals surface area (Å²) in [4.78, 5) is 0. The van der Waals surface area contributed by atoms with Gasteiger partial charge in [-0.05, 0) is 43.8 Å². The maximum absolute atomic E-state index is 5.89. The summed E-state index contributed by atoms with van der Waals surface area (Å²) in [5, 5.41) is 8.32. The van der Waals surface area contributed by atoms with Crippen molar-refractivity contribution in [2.45, 2.75) is 13.8 Å². The molecule has 86 valence electrons. The monoisotopic (exact) mass is 255 g/mol. The van der Waals surface area contributed by atoms with Crippen molar-refractivity contribution in [3.05, 3.63) is 34.9 Å². The average molecular weight is 256 g/mol. The van der Waals surface area contributed by atoms with E-state index < -0.39 is 0 Å². The zero-order chi connectivity index (χ0) is 12.0. The van der Waals surface area contributed by atoms with Crippen LogP contribution in [0.2, 0.25) is 5.02 Å². The molecule has 1 aromatic carbocycles. The molecule has 0 saturated heterocycles. The lowest BCUT2D eigenvalue weighted by molar-refractivity contribution is 0.901. The first-order chi connectivity index (χ1) is 7.63. The molecule has 0 aliphatic rings. The van der Waals surface area contributed by atoms with E-state index in [0.717, 1.165) is 17.8 Å². The first-order valence-corrected chi connectivity index (χ1v) is 5.76. The minimum atomic E-state index is 0.517. The second-order valence-electron chi connectivity index (χ2n) is 3.18. The second kappa shape index (κ2) is 6.45. The highest BCUT2D eigenvalue weighted by Gasteiger charge is 1.98. The van der Waals surface area contributed by atoms with Gasteiger partial charge in [0, 0.05) is 11.6 Å². The van der Waals surface area contributed by atoms with Crippen molar-refractivity contribution in [2.24, 2.45) is 5.10 Å². The molecule has 16 heavy (non-hydrogen) atoms. The summed E-state index contributed by atoms with van der Waals surface area (Å²) in [6.07, 6.45) is 0. The van der Waals surface area contributed by atoms with Crippen LogP contribution in [0.1, 0.15) is 19.4 Å². The molecule has 0 bridgehead atoms. The van der Waals surface area contributed by atoms with E-state index in [1.165, 1.54) is 0 Å². The number of benzene rings is 1. The molecule has 0 atom stereocenters. The Morgan fingerprint density at radius 2 is 2.25 bits per heavy atom. The van der Waals surface area contributed by atoms with Gasteiger partial charge in [-0.25, -0.2) is 0 Å². The SMILES string of the molecule is CCNC(=S)N/N=C(/C)c1cccc(Cl)c1. The zero-order valence-electron chi connectivity index (χ0n) is 9.25. The Bertz CT molecular complexity index is 404. The Hall–Kier alpha value is -1.13. The molecule has 3 nitrogen and oxygen atoms in total. The normalized spacial score (nSPS) is 11.1. The summed E-state index contributed by atoms with van der Waals surface area (Å²) >= 11 is 10.9. The second-order valence-corrected chi connectivity index (χ2v) is 4.02. The van der Waals surface area contributed by atoms with Gasteiger partial charge in [-0.15, -0.1) is 0 Å². The van der Waals surface area contributed by atoms with Gasteiger partial charge in [-0.1, -0.05) is 23.7 Å². The van der Waals surface area contributed by atoms with Crippen molar-refractivity contribution in [1.82, 2.24) is 10.7 Å². The predicted octanol–water partition coefficient (Wildman–Crippen LogP) is 2.55. The van der Waals surface area contributed by atoms with Crippen molar-refractivity contribution in [3.63, 3.8) is 0 Å². The molecule has 0 aromatic heterocycles. The molecule has 1 rings (SSSR count). The van der Waals surface area contributed by atoms with Crippen LogP contribution in [0.25, 0.3) is 0 Å². The van der Waals surface area contributed by atoms with E-state index in [4.69, 9.17) is 23.8 Å². The van der Waals surface area contributed by atoms with E-state index in [1.54, 1.807) is 0 Å². The smallest absolute Gasteiger partial charge is 0.186 e. The number of hydrazone groups is 1. The molecule has 0 radical (unpaired) electrons. The fourth-order valence-electron chi connectivity index (χ4n) is 1.11. The van der Waals surface area contributed by atoms with Gasteiger partial charge < -0.3 is 5.32 Å². The third kappa shape index (κ3) is 4.16. The van der Waals surface area contributed by atoms with Crippen molar-refractivity contribution >= 4 is 34.6 Å². The maximum atomic E-state index is 5.89. The van der Waals surface area contributed by atoms with Gasteiger partial charge in [0.05, 0.1) is 5.71 Å². The van der Waals surface area contributed by atoms with Gasteiger partial charge in [0.15, 0.2) is 5.11 Å². The minimum Gasteiger partial charge on any atom is -0.362 e. The first-order valence-electron chi connectivity index (χ1n) is 4.97. The van der Waals surface area contributed by atoms with Crippen LogP contribution in [-0.4, -0.2) is 17.4 Å². The predicted molar refractivity (Wildman–Crippen MR) is 73.1 cm³/mol. The van der Waals surface area contributed by atoms with Crippen molar-refractivity contribution in [3.8, 4) is 0 Å². The number of rotatable bonds is 3. The largest absolute Gasteiger partial charge is 0.362 e. The number of hydrogen-bond donors (Lipinski definition) is 2. The van der Waals surface area contributed by atoms with Crippen LogP contribution in [-0.2, 0) is 0 Å². The summed E-state index contributed by atoms with van der Waals surface area (Å²) in [5.41, 5.74) is 4.57. The Morgan fingerprint density at radius 1 is 1.50 bits per heavy atom. The highest BCUT2D eigenvalue weighted by atomic mass is 35.5. The molecule has 0 amide bonds. The summed E-state index contributed by atoms with van der Waals surface area (Å²) in [6.45, 7) is 4.65. The number of nitrogens with one attached hydrogen (secondary N) is 2. The van der Waals surface area contributed by atoms with Crippen LogP contribution in [0.5, 0.6) is 0 Å².